The van der Waals surface area contributed by atoms with Crippen molar-refractivity contribution in [2.75, 3.05) is 6.54 Å². The summed E-state index contributed by atoms with van der Waals surface area (Å²) in [7, 11) is 0. The van der Waals surface area contributed by atoms with Crippen LogP contribution in [0.5, 0.6) is 5.75 Å². The second kappa shape index (κ2) is 8.03. The van der Waals surface area contributed by atoms with E-state index in [1.807, 2.05) is 48.5 Å². The molecule has 0 aromatic heterocycles. The first-order valence-electron chi connectivity index (χ1n) is 6.98. The Balaban J connectivity index is 1.80. The highest BCUT2D eigenvalue weighted by molar-refractivity contribution is 6.30. The molecule has 2 rings (SSSR count). The lowest BCUT2D eigenvalue weighted by Gasteiger charge is -2.09. The van der Waals surface area contributed by atoms with Crippen molar-refractivity contribution in [1.82, 2.24) is 5.32 Å². The quantitative estimate of drug-likeness (QED) is 0.824. The summed E-state index contributed by atoms with van der Waals surface area (Å²) >= 11 is 5.84. The fraction of sp³-hybridized carbons (Fsp3) is 0.294. The number of ether oxygens (including phenoxy) is 1. The van der Waals surface area contributed by atoms with E-state index in [2.05, 4.69) is 5.32 Å². The average molecular weight is 306 g/mol. The molecule has 0 heterocycles. The molecule has 2 aromatic carbocycles. The molecule has 0 bridgehead atoms. The van der Waals surface area contributed by atoms with E-state index in [1.165, 1.54) is 0 Å². The third kappa shape index (κ3) is 5.76. The molecule has 2 N–H and O–H groups in total. The van der Waals surface area contributed by atoms with E-state index in [0.717, 1.165) is 28.4 Å². The maximum atomic E-state index is 9.18. The van der Waals surface area contributed by atoms with E-state index in [1.54, 1.807) is 6.92 Å². The van der Waals surface area contributed by atoms with E-state index in [9.17, 15) is 5.11 Å². The maximum Gasteiger partial charge on any atom is 0.119 e. The highest BCUT2D eigenvalue weighted by Gasteiger charge is 1.99. The van der Waals surface area contributed by atoms with Gasteiger partial charge in [-0.25, -0.2) is 0 Å². The molecule has 0 saturated heterocycles. The SMILES string of the molecule is CC(O)CNCc1ccc(OCc2ccc(Cl)cc2)cc1. The number of rotatable bonds is 7. The number of aliphatic hydroxyl groups is 1. The van der Waals surface area contributed by atoms with Crippen LogP contribution < -0.4 is 10.1 Å². The Morgan fingerprint density at radius 3 is 2.29 bits per heavy atom. The molecule has 1 atom stereocenters. The van der Waals surface area contributed by atoms with Crippen molar-refractivity contribution in [1.29, 1.82) is 0 Å². The summed E-state index contributed by atoms with van der Waals surface area (Å²) in [6.07, 6.45) is -0.327. The van der Waals surface area contributed by atoms with Gasteiger partial charge in [0.05, 0.1) is 6.10 Å². The molecule has 0 amide bonds. The fourth-order valence-electron chi connectivity index (χ4n) is 1.88. The number of nitrogens with one attached hydrogen (secondary N) is 1. The molecule has 0 aliphatic carbocycles. The van der Waals surface area contributed by atoms with Gasteiger partial charge in [0.2, 0.25) is 0 Å². The molecule has 0 fully saturated rings. The lowest BCUT2D eigenvalue weighted by Crippen LogP contribution is -2.23. The van der Waals surface area contributed by atoms with Gasteiger partial charge in [-0.1, -0.05) is 35.9 Å². The zero-order valence-electron chi connectivity index (χ0n) is 12.1. The monoisotopic (exact) mass is 305 g/mol. The van der Waals surface area contributed by atoms with Gasteiger partial charge in [0.25, 0.3) is 0 Å². The predicted octanol–water partition coefficient (Wildman–Crippen LogP) is 3.39. The van der Waals surface area contributed by atoms with Gasteiger partial charge in [-0.15, -0.1) is 0 Å². The van der Waals surface area contributed by atoms with Gasteiger partial charge in [-0.05, 0) is 42.3 Å². The van der Waals surface area contributed by atoms with Gasteiger partial charge in [0.1, 0.15) is 12.4 Å². The minimum atomic E-state index is -0.327. The number of hydrogen-bond donors (Lipinski definition) is 2. The molecule has 112 valence electrons. The molecule has 0 aliphatic rings. The summed E-state index contributed by atoms with van der Waals surface area (Å²) in [5.74, 6) is 0.837. The van der Waals surface area contributed by atoms with E-state index < -0.39 is 0 Å². The Morgan fingerprint density at radius 2 is 1.67 bits per heavy atom. The normalized spacial score (nSPS) is 12.1. The van der Waals surface area contributed by atoms with Gasteiger partial charge in [0, 0.05) is 18.1 Å². The summed E-state index contributed by atoms with van der Waals surface area (Å²) in [6.45, 7) is 3.62. The van der Waals surface area contributed by atoms with Crippen molar-refractivity contribution in [3.63, 3.8) is 0 Å². The molecule has 0 spiro atoms. The Bertz CT molecular complexity index is 538. The molecular weight excluding hydrogens is 286 g/mol. The van der Waals surface area contributed by atoms with Gasteiger partial charge < -0.3 is 15.2 Å². The zero-order chi connectivity index (χ0) is 15.1. The van der Waals surface area contributed by atoms with Crippen molar-refractivity contribution < 1.29 is 9.84 Å². The molecule has 2 aromatic rings. The molecule has 21 heavy (non-hydrogen) atoms. The zero-order valence-corrected chi connectivity index (χ0v) is 12.8. The van der Waals surface area contributed by atoms with E-state index in [0.29, 0.717) is 13.2 Å². The first-order chi connectivity index (χ1) is 10.1. The Morgan fingerprint density at radius 1 is 1.05 bits per heavy atom. The third-order valence-electron chi connectivity index (χ3n) is 3.01. The van der Waals surface area contributed by atoms with Gasteiger partial charge in [-0.2, -0.15) is 0 Å². The minimum Gasteiger partial charge on any atom is -0.489 e. The lowest BCUT2D eigenvalue weighted by molar-refractivity contribution is 0.191. The molecule has 1 unspecified atom stereocenters. The number of halogens is 1. The Labute approximate surface area is 130 Å². The van der Waals surface area contributed by atoms with Crippen LogP contribution in [0.25, 0.3) is 0 Å². The van der Waals surface area contributed by atoms with E-state index in [4.69, 9.17) is 16.3 Å². The van der Waals surface area contributed by atoms with Crippen LogP contribution in [0, 0.1) is 0 Å². The minimum absolute atomic E-state index is 0.327. The molecule has 4 heteroatoms. The van der Waals surface area contributed by atoms with Crippen LogP contribution in [0.4, 0.5) is 0 Å². The van der Waals surface area contributed by atoms with E-state index in [-0.39, 0.29) is 6.10 Å². The van der Waals surface area contributed by atoms with Crippen molar-refractivity contribution in [2.24, 2.45) is 0 Å². The molecule has 3 nitrogen and oxygen atoms in total. The lowest BCUT2D eigenvalue weighted by atomic mass is 10.2. The van der Waals surface area contributed by atoms with Crippen LogP contribution in [0.3, 0.4) is 0 Å². The maximum absolute atomic E-state index is 9.18. The van der Waals surface area contributed by atoms with Crippen molar-refractivity contribution in [3.8, 4) is 5.75 Å². The number of aliphatic hydroxyl groups excluding tert-OH is 1. The standard InChI is InChI=1S/C17H20ClNO2/c1-13(20)10-19-11-14-4-8-17(9-5-14)21-12-15-2-6-16(18)7-3-15/h2-9,13,19-20H,10-12H2,1H3. The Hall–Kier alpha value is -1.55. The summed E-state index contributed by atoms with van der Waals surface area (Å²) in [5.41, 5.74) is 2.25. The van der Waals surface area contributed by atoms with Gasteiger partial charge in [-0.3, -0.25) is 0 Å². The number of hydrogen-bond acceptors (Lipinski definition) is 3. The summed E-state index contributed by atoms with van der Waals surface area (Å²) in [5, 5.41) is 13.1. The molecule has 0 aliphatic heterocycles. The summed E-state index contributed by atoms with van der Waals surface area (Å²) in [6, 6.07) is 15.6. The second-order valence-corrected chi connectivity index (χ2v) is 5.48. The van der Waals surface area contributed by atoms with Crippen LogP contribution in [0.1, 0.15) is 18.1 Å². The van der Waals surface area contributed by atoms with Crippen molar-refractivity contribution >= 4 is 11.6 Å². The number of benzene rings is 2. The van der Waals surface area contributed by atoms with Crippen LogP contribution >= 0.6 is 11.6 Å². The summed E-state index contributed by atoms with van der Waals surface area (Å²) in [4.78, 5) is 0. The topological polar surface area (TPSA) is 41.5 Å². The highest BCUT2D eigenvalue weighted by Crippen LogP contribution is 2.15. The molecule has 0 saturated carbocycles. The third-order valence-corrected chi connectivity index (χ3v) is 3.26. The summed E-state index contributed by atoms with van der Waals surface area (Å²) < 4.78 is 5.73. The first kappa shape index (κ1) is 15.8. The first-order valence-corrected chi connectivity index (χ1v) is 7.36. The van der Waals surface area contributed by atoms with E-state index >= 15 is 0 Å². The smallest absolute Gasteiger partial charge is 0.119 e. The van der Waals surface area contributed by atoms with Crippen LogP contribution in [0.2, 0.25) is 5.02 Å². The van der Waals surface area contributed by atoms with Gasteiger partial charge in [0.15, 0.2) is 0 Å². The largest absolute Gasteiger partial charge is 0.489 e. The van der Waals surface area contributed by atoms with Crippen molar-refractivity contribution in [2.45, 2.75) is 26.2 Å². The van der Waals surface area contributed by atoms with Crippen LogP contribution in [-0.4, -0.2) is 17.8 Å². The molecule has 0 radical (unpaired) electrons. The molecular formula is C17H20ClNO2. The van der Waals surface area contributed by atoms with Crippen molar-refractivity contribution in [3.05, 3.63) is 64.7 Å². The van der Waals surface area contributed by atoms with Gasteiger partial charge >= 0.3 is 0 Å². The predicted molar refractivity (Wildman–Crippen MR) is 85.6 cm³/mol. The fourth-order valence-corrected chi connectivity index (χ4v) is 2.00. The average Bonchev–Trinajstić information content (AvgIpc) is 2.48. The van der Waals surface area contributed by atoms with Crippen LogP contribution in [-0.2, 0) is 13.2 Å². The van der Waals surface area contributed by atoms with Crippen LogP contribution in [0.15, 0.2) is 48.5 Å². The second-order valence-electron chi connectivity index (χ2n) is 5.04. The highest BCUT2D eigenvalue weighted by atomic mass is 35.5. The Kier molecular flexibility index (Phi) is 6.05.